The average molecular weight is 436 g/mol. The van der Waals surface area contributed by atoms with E-state index in [0.717, 1.165) is 12.4 Å². The van der Waals surface area contributed by atoms with Crippen molar-refractivity contribution in [3.63, 3.8) is 0 Å². The van der Waals surface area contributed by atoms with Crippen LogP contribution in [0.4, 0.5) is 4.79 Å². The van der Waals surface area contributed by atoms with Gasteiger partial charge in [0.1, 0.15) is 11.7 Å². The van der Waals surface area contributed by atoms with E-state index in [-0.39, 0.29) is 23.3 Å². The number of nitrogens with zero attached hydrogens (tertiary/aromatic N) is 4. The smallest absolute Gasteiger partial charge is 0.405 e. The standard InChI is InChI=1S/C22H37N5O4/c1-21(2,3)12-22(4,5)17(23-20(30)31)19(29)25-9-7-15(8-10-25)27-14-26-13-24(6)11-16(26)18(27)28/h11,15,17,23H,7-10,12-14H2,1-6H3,(H,30,31)/t17-/m0/s1. The number of rotatable bonds is 5. The molecule has 0 spiro atoms. The van der Waals surface area contributed by atoms with Gasteiger partial charge in [0.05, 0.1) is 13.3 Å². The molecule has 9 heteroatoms. The van der Waals surface area contributed by atoms with Crippen LogP contribution < -0.4 is 5.32 Å². The molecule has 3 amide bonds. The predicted octanol–water partition coefficient (Wildman–Crippen LogP) is 1.92. The maximum absolute atomic E-state index is 13.4. The highest BCUT2D eigenvalue weighted by Crippen LogP contribution is 2.37. The Morgan fingerprint density at radius 2 is 1.77 bits per heavy atom. The summed E-state index contributed by atoms with van der Waals surface area (Å²) in [6.07, 6.45) is 2.81. The molecule has 3 aliphatic rings. The first kappa shape index (κ1) is 23.2. The van der Waals surface area contributed by atoms with Crippen LogP contribution in [0.25, 0.3) is 0 Å². The summed E-state index contributed by atoms with van der Waals surface area (Å²) >= 11 is 0. The molecule has 31 heavy (non-hydrogen) atoms. The number of carboxylic acid groups (broad SMARTS) is 1. The van der Waals surface area contributed by atoms with Crippen LogP contribution in [-0.4, -0.2) is 88.2 Å². The summed E-state index contributed by atoms with van der Waals surface area (Å²) in [5.74, 6) is -0.112. The Hall–Kier alpha value is -2.45. The summed E-state index contributed by atoms with van der Waals surface area (Å²) in [5.41, 5.74) is 0.177. The maximum atomic E-state index is 13.4. The summed E-state index contributed by atoms with van der Waals surface area (Å²) in [5, 5.41) is 11.9. The minimum Gasteiger partial charge on any atom is -0.465 e. The van der Waals surface area contributed by atoms with E-state index >= 15 is 0 Å². The van der Waals surface area contributed by atoms with E-state index in [4.69, 9.17) is 0 Å². The van der Waals surface area contributed by atoms with Gasteiger partial charge in [0.2, 0.25) is 5.91 Å². The number of carbonyl (C=O) groups excluding carboxylic acids is 2. The number of carbonyl (C=O) groups is 3. The zero-order chi connectivity index (χ0) is 23.1. The number of hydrogen-bond acceptors (Lipinski definition) is 5. The molecule has 0 aromatic rings. The van der Waals surface area contributed by atoms with Gasteiger partial charge in [0.25, 0.3) is 5.91 Å². The molecule has 1 atom stereocenters. The molecule has 0 aromatic heterocycles. The second kappa shape index (κ2) is 8.24. The SMILES string of the molecule is CN1C=C2C(=O)N(C3CCN(C(=O)[C@H](NC(=O)O)C(C)(C)CC(C)(C)C)CC3)CN2C1. The van der Waals surface area contributed by atoms with Crippen molar-refractivity contribution in [2.45, 2.75) is 66.0 Å². The fourth-order valence-electron chi connectivity index (χ4n) is 5.43. The molecule has 0 aromatic carbocycles. The fourth-order valence-corrected chi connectivity index (χ4v) is 5.43. The first-order valence-electron chi connectivity index (χ1n) is 11.0. The van der Waals surface area contributed by atoms with E-state index in [2.05, 4.69) is 31.0 Å². The van der Waals surface area contributed by atoms with Crippen LogP contribution in [-0.2, 0) is 9.59 Å². The molecule has 0 aliphatic carbocycles. The first-order chi connectivity index (χ1) is 14.3. The third-order valence-corrected chi connectivity index (χ3v) is 6.38. The van der Waals surface area contributed by atoms with Gasteiger partial charge >= 0.3 is 6.09 Å². The van der Waals surface area contributed by atoms with Crippen LogP contribution in [0.3, 0.4) is 0 Å². The second-order valence-corrected chi connectivity index (χ2v) is 11.0. The molecule has 174 valence electrons. The van der Waals surface area contributed by atoms with E-state index < -0.39 is 17.6 Å². The Bertz CT molecular complexity index is 764. The summed E-state index contributed by atoms with van der Waals surface area (Å²) in [6, 6.07) is -0.706. The predicted molar refractivity (Wildman–Crippen MR) is 117 cm³/mol. The van der Waals surface area contributed by atoms with Gasteiger partial charge in [0, 0.05) is 32.4 Å². The van der Waals surface area contributed by atoms with Crippen molar-refractivity contribution in [1.29, 1.82) is 0 Å². The largest absolute Gasteiger partial charge is 0.465 e. The Labute approximate surface area is 185 Å². The van der Waals surface area contributed by atoms with E-state index in [1.54, 1.807) is 4.90 Å². The quantitative estimate of drug-likeness (QED) is 0.685. The van der Waals surface area contributed by atoms with Crippen LogP contribution in [0, 0.1) is 10.8 Å². The molecule has 0 bridgehead atoms. The van der Waals surface area contributed by atoms with Crippen LogP contribution in [0.2, 0.25) is 0 Å². The van der Waals surface area contributed by atoms with Crippen LogP contribution in [0.15, 0.2) is 11.9 Å². The van der Waals surface area contributed by atoms with Crippen LogP contribution >= 0.6 is 0 Å². The highest BCUT2D eigenvalue weighted by Gasteiger charge is 2.44. The van der Waals surface area contributed by atoms with Crippen LogP contribution in [0.1, 0.15) is 53.9 Å². The number of nitrogens with one attached hydrogen (secondary N) is 1. The van der Waals surface area contributed by atoms with Crippen molar-refractivity contribution in [3.8, 4) is 0 Å². The highest BCUT2D eigenvalue weighted by molar-refractivity contribution is 5.95. The van der Waals surface area contributed by atoms with Gasteiger partial charge in [0.15, 0.2) is 0 Å². The van der Waals surface area contributed by atoms with Gasteiger partial charge in [-0.3, -0.25) is 9.59 Å². The fraction of sp³-hybridized carbons (Fsp3) is 0.773. The van der Waals surface area contributed by atoms with Crippen molar-refractivity contribution >= 4 is 17.9 Å². The number of likely N-dealkylation sites (tertiary alicyclic amines) is 1. The molecule has 2 saturated heterocycles. The zero-order valence-electron chi connectivity index (χ0n) is 19.6. The Kier molecular flexibility index (Phi) is 6.17. The third kappa shape index (κ3) is 5.07. The van der Waals surface area contributed by atoms with Crippen molar-refractivity contribution in [1.82, 2.24) is 24.9 Å². The molecule has 3 rings (SSSR count). The molecule has 9 nitrogen and oxygen atoms in total. The van der Waals surface area contributed by atoms with Gasteiger partial charge in [-0.15, -0.1) is 0 Å². The monoisotopic (exact) mass is 435 g/mol. The van der Waals surface area contributed by atoms with E-state index in [1.807, 2.05) is 36.9 Å². The highest BCUT2D eigenvalue weighted by atomic mass is 16.4. The lowest BCUT2D eigenvalue weighted by Gasteiger charge is -2.42. The number of amides is 3. The van der Waals surface area contributed by atoms with Crippen molar-refractivity contribution in [2.75, 3.05) is 33.5 Å². The van der Waals surface area contributed by atoms with Gasteiger partial charge in [-0.05, 0) is 30.1 Å². The molecule has 3 aliphatic heterocycles. The lowest BCUT2D eigenvalue weighted by Crippen LogP contribution is -2.58. The van der Waals surface area contributed by atoms with Gasteiger partial charge in [-0.25, -0.2) is 4.79 Å². The third-order valence-electron chi connectivity index (χ3n) is 6.38. The van der Waals surface area contributed by atoms with E-state index in [9.17, 15) is 19.5 Å². The van der Waals surface area contributed by atoms with Crippen molar-refractivity contribution in [3.05, 3.63) is 11.9 Å². The maximum Gasteiger partial charge on any atom is 0.405 e. The molecule has 2 N–H and O–H groups in total. The topological polar surface area (TPSA) is 96.4 Å². The van der Waals surface area contributed by atoms with Gasteiger partial charge in [-0.1, -0.05) is 34.6 Å². The minimum atomic E-state index is -1.18. The molecular weight excluding hydrogens is 398 g/mol. The average Bonchev–Trinajstić information content (AvgIpc) is 3.14. The van der Waals surface area contributed by atoms with Crippen molar-refractivity contribution < 1.29 is 19.5 Å². The number of fused-ring (bicyclic) bond motifs is 1. The second-order valence-electron chi connectivity index (χ2n) is 11.0. The Balaban J connectivity index is 1.64. The summed E-state index contributed by atoms with van der Waals surface area (Å²) in [7, 11) is 1.95. The summed E-state index contributed by atoms with van der Waals surface area (Å²) in [6.45, 7) is 12.5. The van der Waals surface area contributed by atoms with Crippen LogP contribution in [0.5, 0.6) is 0 Å². The van der Waals surface area contributed by atoms with Gasteiger partial charge < -0.3 is 30.0 Å². The van der Waals surface area contributed by atoms with Crippen molar-refractivity contribution in [2.24, 2.45) is 10.8 Å². The lowest BCUT2D eigenvalue weighted by atomic mass is 9.71. The molecular formula is C22H37N5O4. The molecule has 0 radical (unpaired) electrons. The summed E-state index contributed by atoms with van der Waals surface area (Å²) < 4.78 is 0. The number of hydrogen-bond donors (Lipinski definition) is 2. The Morgan fingerprint density at radius 1 is 1.16 bits per heavy atom. The van der Waals surface area contributed by atoms with Gasteiger partial charge in [-0.2, -0.15) is 0 Å². The normalized spacial score (nSPS) is 21.4. The van der Waals surface area contributed by atoms with E-state index in [1.165, 1.54) is 0 Å². The molecule has 0 saturated carbocycles. The Morgan fingerprint density at radius 3 is 2.29 bits per heavy atom. The van der Waals surface area contributed by atoms with E-state index in [0.29, 0.717) is 39.0 Å². The molecule has 3 heterocycles. The lowest BCUT2D eigenvalue weighted by molar-refractivity contribution is -0.139. The number of piperidine rings is 1. The molecule has 2 fully saturated rings. The molecule has 0 unspecified atom stereocenters. The first-order valence-corrected chi connectivity index (χ1v) is 11.0. The summed E-state index contributed by atoms with van der Waals surface area (Å²) in [4.78, 5) is 45.3. The zero-order valence-corrected chi connectivity index (χ0v) is 19.6. The minimum absolute atomic E-state index is 0.0402.